The third kappa shape index (κ3) is 5.79. The van der Waals surface area contributed by atoms with Crippen LogP contribution in [0.4, 0.5) is 0 Å². The van der Waals surface area contributed by atoms with Gasteiger partial charge in [-0.05, 0) is 47.7 Å². The first-order valence-electron chi connectivity index (χ1n) is 12.6. The molecule has 0 saturated carbocycles. The number of fused-ring (bicyclic) bond motifs is 1. The van der Waals surface area contributed by atoms with Crippen LogP contribution >= 0.6 is 22.7 Å². The number of thiazole rings is 1. The molecule has 0 amide bonds. The lowest BCUT2D eigenvalue weighted by molar-refractivity contribution is -0.140. The number of carbonyl (C=O) groups excluding carboxylic acids is 1. The molecule has 0 aliphatic carbocycles. The zero-order valence-corrected chi connectivity index (χ0v) is 23.9. The van der Waals surface area contributed by atoms with Crippen molar-refractivity contribution in [2.24, 2.45) is 4.99 Å². The lowest BCUT2D eigenvalue weighted by Crippen LogP contribution is -2.40. The molecule has 4 aromatic rings. The van der Waals surface area contributed by atoms with Crippen molar-refractivity contribution in [3.8, 4) is 11.5 Å². The highest BCUT2D eigenvalue weighted by Gasteiger charge is 2.34. The van der Waals surface area contributed by atoms with Crippen LogP contribution in [0.3, 0.4) is 0 Å². The molecule has 206 valence electrons. The highest BCUT2D eigenvalue weighted by atomic mass is 32.1. The normalized spacial score (nSPS) is 15.0. The predicted octanol–water partition coefficient (Wildman–Crippen LogP) is 4.07. The molecule has 0 N–H and O–H groups in total. The molecule has 1 aliphatic rings. The number of carbonyl (C=O) groups is 1. The molecule has 0 fully saturated rings. The average molecular weight is 577 g/mol. The number of ether oxygens (including phenoxy) is 4. The first-order chi connectivity index (χ1) is 19.5. The van der Waals surface area contributed by atoms with Gasteiger partial charge in [0.25, 0.3) is 5.56 Å². The zero-order valence-electron chi connectivity index (χ0n) is 22.3. The summed E-state index contributed by atoms with van der Waals surface area (Å²) in [5.74, 6) is 0.472. The van der Waals surface area contributed by atoms with Crippen LogP contribution in [0.25, 0.3) is 6.08 Å². The second-order valence-corrected chi connectivity index (χ2v) is 10.9. The number of thiophene rings is 1. The molecular formula is C30H28N2O6S2. The second-order valence-electron chi connectivity index (χ2n) is 8.91. The van der Waals surface area contributed by atoms with Crippen LogP contribution in [0.5, 0.6) is 11.5 Å². The molecule has 8 nitrogen and oxygen atoms in total. The van der Waals surface area contributed by atoms with Gasteiger partial charge in [-0.2, -0.15) is 0 Å². The molecule has 1 atom stereocenters. The van der Waals surface area contributed by atoms with Gasteiger partial charge in [-0.1, -0.05) is 53.8 Å². The van der Waals surface area contributed by atoms with Crippen LogP contribution in [0.2, 0.25) is 0 Å². The van der Waals surface area contributed by atoms with Gasteiger partial charge >= 0.3 is 5.97 Å². The molecule has 5 rings (SSSR count). The van der Waals surface area contributed by atoms with Gasteiger partial charge in [-0.15, -0.1) is 11.3 Å². The number of hydrogen-bond donors (Lipinski definition) is 0. The minimum absolute atomic E-state index is 0.0806. The number of nitrogens with zero attached hydrogens (tertiary/aromatic N) is 2. The summed E-state index contributed by atoms with van der Waals surface area (Å²) >= 11 is 2.83. The van der Waals surface area contributed by atoms with E-state index in [1.165, 1.54) is 18.4 Å². The Balaban J connectivity index is 1.59. The summed E-state index contributed by atoms with van der Waals surface area (Å²) in [7, 11) is 3.09. The maximum Gasteiger partial charge on any atom is 0.338 e. The molecular weight excluding hydrogens is 548 g/mol. The first kappa shape index (κ1) is 27.6. The van der Waals surface area contributed by atoms with E-state index in [9.17, 15) is 9.59 Å². The summed E-state index contributed by atoms with van der Waals surface area (Å²) in [6.45, 7) is 2.46. The van der Waals surface area contributed by atoms with Crippen molar-refractivity contribution in [2.45, 2.75) is 19.6 Å². The van der Waals surface area contributed by atoms with E-state index in [-0.39, 0.29) is 24.3 Å². The molecule has 1 unspecified atom stereocenters. The molecule has 0 spiro atoms. The van der Waals surface area contributed by atoms with Crippen LogP contribution in [-0.4, -0.2) is 38.0 Å². The van der Waals surface area contributed by atoms with E-state index in [4.69, 9.17) is 18.9 Å². The molecule has 0 saturated heterocycles. The predicted molar refractivity (Wildman–Crippen MR) is 155 cm³/mol. The number of hydrogen-bond acceptors (Lipinski definition) is 9. The SMILES string of the molecule is COCCOC(=O)C1=C(C)N=c2sc(=Cc3cccs3)c(=O)n2C1c1ccc(OCc2ccccc2)c(OC)c1. The van der Waals surface area contributed by atoms with E-state index >= 15 is 0 Å². The molecule has 40 heavy (non-hydrogen) atoms. The van der Waals surface area contributed by atoms with Crippen LogP contribution in [0, 0.1) is 0 Å². The first-order valence-corrected chi connectivity index (χ1v) is 14.3. The molecule has 2 aromatic carbocycles. The van der Waals surface area contributed by atoms with Gasteiger partial charge in [0.15, 0.2) is 16.3 Å². The fourth-order valence-corrected chi connectivity index (χ4v) is 6.17. The van der Waals surface area contributed by atoms with Gasteiger partial charge in [0.2, 0.25) is 0 Å². The number of aromatic nitrogens is 1. The van der Waals surface area contributed by atoms with E-state index in [2.05, 4.69) is 4.99 Å². The van der Waals surface area contributed by atoms with Crippen molar-refractivity contribution in [3.05, 3.63) is 113 Å². The average Bonchev–Trinajstić information content (AvgIpc) is 3.59. The minimum atomic E-state index is -0.770. The second kappa shape index (κ2) is 12.5. The number of benzene rings is 2. The van der Waals surface area contributed by atoms with Gasteiger partial charge < -0.3 is 18.9 Å². The molecule has 0 bridgehead atoms. The fourth-order valence-electron chi connectivity index (χ4n) is 4.40. The zero-order chi connectivity index (χ0) is 28.1. The topological polar surface area (TPSA) is 88.4 Å². The Kier molecular flexibility index (Phi) is 8.59. The van der Waals surface area contributed by atoms with Crippen LogP contribution in [-0.2, 0) is 20.9 Å². The van der Waals surface area contributed by atoms with Gasteiger partial charge in [0.05, 0.1) is 35.6 Å². The molecule has 0 radical (unpaired) electrons. The Bertz CT molecular complexity index is 1700. The fraction of sp³-hybridized carbons (Fsp3) is 0.233. The molecule has 2 aromatic heterocycles. The Hall–Kier alpha value is -3.99. The van der Waals surface area contributed by atoms with E-state index in [1.54, 1.807) is 42.1 Å². The van der Waals surface area contributed by atoms with Gasteiger partial charge in [-0.3, -0.25) is 9.36 Å². The van der Waals surface area contributed by atoms with Crippen molar-refractivity contribution >= 4 is 34.7 Å². The highest BCUT2D eigenvalue weighted by molar-refractivity contribution is 7.11. The smallest absolute Gasteiger partial charge is 0.338 e. The van der Waals surface area contributed by atoms with Crippen LogP contribution in [0.1, 0.15) is 29.0 Å². The summed E-state index contributed by atoms with van der Waals surface area (Å²) in [6, 6.07) is 18.4. The van der Waals surface area contributed by atoms with Crippen molar-refractivity contribution in [1.29, 1.82) is 0 Å². The largest absolute Gasteiger partial charge is 0.493 e. The van der Waals surface area contributed by atoms with Crippen molar-refractivity contribution in [3.63, 3.8) is 0 Å². The molecule has 10 heteroatoms. The maximum atomic E-state index is 13.8. The van der Waals surface area contributed by atoms with Crippen molar-refractivity contribution < 1.29 is 23.7 Å². The summed E-state index contributed by atoms with van der Waals surface area (Å²) in [5, 5.41) is 1.96. The van der Waals surface area contributed by atoms with E-state index < -0.39 is 12.0 Å². The minimum Gasteiger partial charge on any atom is -0.493 e. The number of rotatable bonds is 10. The highest BCUT2D eigenvalue weighted by Crippen LogP contribution is 2.36. The Morgan fingerprint density at radius 1 is 1.05 bits per heavy atom. The van der Waals surface area contributed by atoms with E-state index in [1.807, 2.05) is 60.0 Å². The summed E-state index contributed by atoms with van der Waals surface area (Å²) in [5.41, 5.74) is 2.22. The van der Waals surface area contributed by atoms with Gasteiger partial charge in [0, 0.05) is 12.0 Å². The van der Waals surface area contributed by atoms with Crippen LogP contribution < -0.4 is 24.4 Å². The Labute approximate surface area is 239 Å². The van der Waals surface area contributed by atoms with Crippen LogP contribution in [0.15, 0.2) is 87.1 Å². The lowest BCUT2D eigenvalue weighted by atomic mass is 9.95. The summed E-state index contributed by atoms with van der Waals surface area (Å²) in [4.78, 5) is 33.2. The molecule has 1 aliphatic heterocycles. The lowest BCUT2D eigenvalue weighted by Gasteiger charge is -2.25. The third-order valence-electron chi connectivity index (χ3n) is 6.32. The summed E-state index contributed by atoms with van der Waals surface area (Å²) in [6.07, 6.45) is 1.85. The summed E-state index contributed by atoms with van der Waals surface area (Å²) < 4.78 is 24.3. The standard InChI is InChI=1S/C30H28N2O6S2/c1-19-26(29(34)37-14-13-35-2)27(32-28(33)25(40-30(32)31-19)17-22-10-7-15-39-22)21-11-12-23(24(16-21)36-3)38-18-20-8-5-4-6-9-20/h4-12,15-17,27H,13-14,18H2,1-3H3. The quantitative estimate of drug-likeness (QED) is 0.209. The Morgan fingerprint density at radius 2 is 1.88 bits per heavy atom. The Morgan fingerprint density at radius 3 is 2.60 bits per heavy atom. The molecule has 3 heterocycles. The monoisotopic (exact) mass is 576 g/mol. The number of methoxy groups -OCH3 is 2. The number of esters is 1. The van der Waals surface area contributed by atoms with Crippen molar-refractivity contribution in [1.82, 2.24) is 4.57 Å². The van der Waals surface area contributed by atoms with Gasteiger partial charge in [-0.25, -0.2) is 9.79 Å². The van der Waals surface area contributed by atoms with E-state index in [0.29, 0.717) is 38.7 Å². The maximum absolute atomic E-state index is 13.8. The van der Waals surface area contributed by atoms with E-state index in [0.717, 1.165) is 10.4 Å². The number of allylic oxidation sites excluding steroid dienone is 1. The van der Waals surface area contributed by atoms with Crippen molar-refractivity contribution in [2.75, 3.05) is 27.4 Å². The third-order valence-corrected chi connectivity index (χ3v) is 8.12. The van der Waals surface area contributed by atoms with Gasteiger partial charge in [0.1, 0.15) is 13.2 Å².